The molecule has 16 heavy (non-hydrogen) atoms. The van der Waals surface area contributed by atoms with Gasteiger partial charge >= 0.3 is 5.97 Å². The SMILES string of the molecule is CCC(C)c1nc(C(C)CC)c(C(=O)O)s1. The quantitative estimate of drug-likeness (QED) is 0.851. The Bertz CT molecular complexity index is 373. The molecule has 0 amide bonds. The first-order chi connectivity index (χ1) is 7.51. The molecule has 2 atom stereocenters. The van der Waals surface area contributed by atoms with Crippen molar-refractivity contribution in [3.63, 3.8) is 0 Å². The second-order valence-corrected chi connectivity index (χ2v) is 5.22. The summed E-state index contributed by atoms with van der Waals surface area (Å²) in [5.41, 5.74) is 0.760. The molecule has 0 saturated heterocycles. The van der Waals surface area contributed by atoms with Gasteiger partial charge in [-0.15, -0.1) is 11.3 Å². The summed E-state index contributed by atoms with van der Waals surface area (Å²) < 4.78 is 0. The number of aromatic carboxylic acids is 1. The second-order valence-electron chi connectivity index (χ2n) is 4.19. The van der Waals surface area contributed by atoms with Crippen LogP contribution in [0, 0.1) is 0 Å². The minimum absolute atomic E-state index is 0.222. The Kier molecular flexibility index (Phi) is 4.47. The fourth-order valence-corrected chi connectivity index (χ4v) is 2.57. The standard InChI is InChI=1S/C12H19NO2S/c1-5-7(3)9-10(12(14)15)16-11(13-9)8(4)6-2/h7-8H,5-6H2,1-4H3,(H,14,15). The van der Waals surface area contributed by atoms with Crippen molar-refractivity contribution >= 4 is 17.3 Å². The molecule has 0 saturated carbocycles. The van der Waals surface area contributed by atoms with Crippen LogP contribution in [0.3, 0.4) is 0 Å². The van der Waals surface area contributed by atoms with E-state index >= 15 is 0 Å². The van der Waals surface area contributed by atoms with Crippen molar-refractivity contribution in [3.8, 4) is 0 Å². The van der Waals surface area contributed by atoms with Gasteiger partial charge in [-0.05, 0) is 18.8 Å². The highest BCUT2D eigenvalue weighted by Gasteiger charge is 2.22. The van der Waals surface area contributed by atoms with Crippen LogP contribution in [0.2, 0.25) is 0 Å². The molecule has 1 N–H and O–H groups in total. The molecule has 0 aromatic carbocycles. The molecule has 0 bridgehead atoms. The predicted octanol–water partition coefficient (Wildman–Crippen LogP) is 3.87. The van der Waals surface area contributed by atoms with Gasteiger partial charge in [0.2, 0.25) is 0 Å². The molecule has 1 heterocycles. The lowest BCUT2D eigenvalue weighted by Crippen LogP contribution is -2.02. The third-order valence-electron chi connectivity index (χ3n) is 2.98. The van der Waals surface area contributed by atoms with Gasteiger partial charge in [0.15, 0.2) is 0 Å². The first kappa shape index (κ1) is 13.2. The Hall–Kier alpha value is -0.900. The second kappa shape index (κ2) is 5.43. The Labute approximate surface area is 101 Å². The van der Waals surface area contributed by atoms with E-state index in [1.54, 1.807) is 0 Å². The van der Waals surface area contributed by atoms with Gasteiger partial charge in [0.1, 0.15) is 4.88 Å². The largest absolute Gasteiger partial charge is 0.477 e. The summed E-state index contributed by atoms with van der Waals surface area (Å²) in [6.07, 6.45) is 1.91. The van der Waals surface area contributed by atoms with E-state index in [0.717, 1.165) is 23.5 Å². The maximum Gasteiger partial charge on any atom is 0.347 e. The lowest BCUT2D eigenvalue weighted by Gasteiger charge is -2.06. The van der Waals surface area contributed by atoms with E-state index in [1.807, 2.05) is 6.92 Å². The van der Waals surface area contributed by atoms with E-state index < -0.39 is 5.97 Å². The molecule has 0 aliphatic rings. The fraction of sp³-hybridized carbons (Fsp3) is 0.667. The minimum atomic E-state index is -0.845. The normalized spacial score (nSPS) is 14.8. The van der Waals surface area contributed by atoms with Crippen molar-refractivity contribution in [1.82, 2.24) is 4.98 Å². The lowest BCUT2D eigenvalue weighted by molar-refractivity contribution is 0.0700. The Balaban J connectivity index is 3.14. The van der Waals surface area contributed by atoms with Crippen molar-refractivity contribution < 1.29 is 9.90 Å². The van der Waals surface area contributed by atoms with E-state index in [9.17, 15) is 4.79 Å². The summed E-state index contributed by atoms with van der Waals surface area (Å²) in [6.45, 7) is 8.26. The highest BCUT2D eigenvalue weighted by atomic mass is 32.1. The Morgan fingerprint density at radius 2 is 1.88 bits per heavy atom. The number of carboxylic acid groups (broad SMARTS) is 1. The predicted molar refractivity (Wildman–Crippen MR) is 66.5 cm³/mol. The van der Waals surface area contributed by atoms with Crippen LogP contribution < -0.4 is 0 Å². The molecule has 0 radical (unpaired) electrons. The third kappa shape index (κ3) is 2.61. The van der Waals surface area contributed by atoms with Crippen LogP contribution in [0.15, 0.2) is 0 Å². The van der Waals surface area contributed by atoms with Gasteiger partial charge in [-0.3, -0.25) is 0 Å². The number of nitrogens with zero attached hydrogens (tertiary/aromatic N) is 1. The lowest BCUT2D eigenvalue weighted by atomic mass is 10.0. The zero-order chi connectivity index (χ0) is 12.3. The molecule has 1 aromatic rings. The van der Waals surface area contributed by atoms with Gasteiger partial charge in [-0.25, -0.2) is 9.78 Å². The average Bonchev–Trinajstić information content (AvgIpc) is 2.71. The number of rotatable bonds is 5. The Morgan fingerprint density at radius 1 is 1.31 bits per heavy atom. The van der Waals surface area contributed by atoms with Crippen LogP contribution in [0.4, 0.5) is 0 Å². The summed E-state index contributed by atoms with van der Waals surface area (Å²) in [5.74, 6) is -0.275. The number of hydrogen-bond acceptors (Lipinski definition) is 3. The summed E-state index contributed by atoms with van der Waals surface area (Å²) >= 11 is 1.33. The van der Waals surface area contributed by atoms with Gasteiger partial charge in [0, 0.05) is 5.92 Å². The van der Waals surface area contributed by atoms with Crippen molar-refractivity contribution in [1.29, 1.82) is 0 Å². The summed E-state index contributed by atoms with van der Waals surface area (Å²) in [4.78, 5) is 16.1. The monoisotopic (exact) mass is 241 g/mol. The van der Waals surface area contributed by atoms with E-state index in [1.165, 1.54) is 11.3 Å². The average molecular weight is 241 g/mol. The molecule has 0 aliphatic heterocycles. The number of hydrogen-bond donors (Lipinski definition) is 1. The van der Waals surface area contributed by atoms with Crippen LogP contribution in [-0.4, -0.2) is 16.1 Å². The van der Waals surface area contributed by atoms with Gasteiger partial charge in [-0.2, -0.15) is 0 Å². The maximum atomic E-state index is 11.1. The molecule has 2 unspecified atom stereocenters. The minimum Gasteiger partial charge on any atom is -0.477 e. The molecule has 3 nitrogen and oxygen atoms in total. The molecule has 90 valence electrons. The molecule has 4 heteroatoms. The summed E-state index contributed by atoms with van der Waals surface area (Å²) in [7, 11) is 0. The van der Waals surface area contributed by atoms with Gasteiger partial charge < -0.3 is 5.11 Å². The smallest absolute Gasteiger partial charge is 0.347 e. The van der Waals surface area contributed by atoms with Crippen LogP contribution in [0.25, 0.3) is 0 Å². The first-order valence-corrected chi connectivity index (χ1v) is 6.56. The molecule has 1 aromatic heterocycles. The highest BCUT2D eigenvalue weighted by Crippen LogP contribution is 2.31. The fourth-order valence-electron chi connectivity index (χ4n) is 1.42. The number of carboxylic acids is 1. The highest BCUT2D eigenvalue weighted by molar-refractivity contribution is 7.13. The van der Waals surface area contributed by atoms with E-state index in [4.69, 9.17) is 5.11 Å². The van der Waals surface area contributed by atoms with Gasteiger partial charge in [0.25, 0.3) is 0 Å². The number of thiazole rings is 1. The van der Waals surface area contributed by atoms with E-state index in [2.05, 4.69) is 25.8 Å². The van der Waals surface area contributed by atoms with E-state index in [0.29, 0.717) is 10.8 Å². The molecular weight excluding hydrogens is 222 g/mol. The summed E-state index contributed by atoms with van der Waals surface area (Å²) in [5, 5.41) is 10.1. The van der Waals surface area contributed by atoms with Crippen LogP contribution in [0.5, 0.6) is 0 Å². The van der Waals surface area contributed by atoms with E-state index in [-0.39, 0.29) is 5.92 Å². The van der Waals surface area contributed by atoms with Crippen molar-refractivity contribution in [2.24, 2.45) is 0 Å². The van der Waals surface area contributed by atoms with Crippen LogP contribution in [-0.2, 0) is 0 Å². The van der Waals surface area contributed by atoms with Crippen molar-refractivity contribution in [3.05, 3.63) is 15.6 Å². The number of carbonyl (C=O) groups is 1. The number of aromatic nitrogens is 1. The first-order valence-electron chi connectivity index (χ1n) is 5.75. The van der Waals surface area contributed by atoms with Crippen LogP contribution >= 0.6 is 11.3 Å². The van der Waals surface area contributed by atoms with Crippen molar-refractivity contribution in [2.75, 3.05) is 0 Å². The topological polar surface area (TPSA) is 50.2 Å². The molecule has 0 fully saturated rings. The third-order valence-corrected chi connectivity index (χ3v) is 4.27. The van der Waals surface area contributed by atoms with Crippen LogP contribution in [0.1, 0.15) is 72.7 Å². The molecular formula is C12H19NO2S. The zero-order valence-electron chi connectivity index (χ0n) is 10.3. The van der Waals surface area contributed by atoms with Gasteiger partial charge in [-0.1, -0.05) is 27.7 Å². The Morgan fingerprint density at radius 3 is 2.31 bits per heavy atom. The maximum absolute atomic E-state index is 11.1. The van der Waals surface area contributed by atoms with Gasteiger partial charge in [0.05, 0.1) is 10.7 Å². The zero-order valence-corrected chi connectivity index (χ0v) is 11.1. The summed E-state index contributed by atoms with van der Waals surface area (Å²) in [6, 6.07) is 0. The molecule has 0 spiro atoms. The molecule has 1 rings (SSSR count). The molecule has 0 aliphatic carbocycles. The van der Waals surface area contributed by atoms with Crippen molar-refractivity contribution in [2.45, 2.75) is 52.4 Å².